The number of hydrogen-bond acceptors (Lipinski definition) is 5. The third-order valence-corrected chi connectivity index (χ3v) is 6.55. The van der Waals surface area contributed by atoms with Gasteiger partial charge in [-0.3, -0.25) is 9.69 Å². The van der Waals surface area contributed by atoms with Gasteiger partial charge < -0.3 is 14.2 Å². The Morgan fingerprint density at radius 3 is 2.60 bits per heavy atom. The van der Waals surface area contributed by atoms with Crippen LogP contribution in [-0.2, 0) is 29.1 Å². The van der Waals surface area contributed by atoms with E-state index < -0.39 is 0 Å². The molecule has 9 heteroatoms. The van der Waals surface area contributed by atoms with Gasteiger partial charge in [0.25, 0.3) is 0 Å². The molecule has 0 spiro atoms. The summed E-state index contributed by atoms with van der Waals surface area (Å²) in [5, 5.41) is 8.97. The zero-order valence-electron chi connectivity index (χ0n) is 19.2. The molecule has 35 heavy (non-hydrogen) atoms. The first kappa shape index (κ1) is 24.3. The van der Waals surface area contributed by atoms with Crippen LogP contribution in [0.5, 0.6) is 0 Å². The highest BCUT2D eigenvalue weighted by molar-refractivity contribution is 5.91. The van der Waals surface area contributed by atoms with E-state index in [2.05, 4.69) is 11.1 Å². The number of ether oxygens (including phenoxy) is 1. The van der Waals surface area contributed by atoms with Crippen LogP contribution in [0.3, 0.4) is 0 Å². The quantitative estimate of drug-likeness (QED) is 0.539. The van der Waals surface area contributed by atoms with Crippen molar-refractivity contribution in [1.82, 2.24) is 14.5 Å². The summed E-state index contributed by atoms with van der Waals surface area (Å²) < 4.78 is 7.34. The van der Waals surface area contributed by atoms with Crippen LogP contribution in [0.2, 0.25) is 0 Å². The van der Waals surface area contributed by atoms with Gasteiger partial charge in [0.05, 0.1) is 30.1 Å². The van der Waals surface area contributed by atoms with Crippen LogP contribution in [0.1, 0.15) is 35.2 Å². The topological polar surface area (TPSA) is 91.5 Å². The Balaban J connectivity index is 0.00000289. The molecule has 1 fully saturated rings. The third-order valence-electron chi connectivity index (χ3n) is 6.55. The molecule has 2 amide bonds. The number of para-hydroxylation sites is 1. The molecule has 3 heterocycles. The Bertz CT molecular complexity index is 1240. The first-order valence-electron chi connectivity index (χ1n) is 11.4. The van der Waals surface area contributed by atoms with Gasteiger partial charge in [-0.1, -0.05) is 30.3 Å². The summed E-state index contributed by atoms with van der Waals surface area (Å²) >= 11 is 0. The second-order valence-electron chi connectivity index (χ2n) is 8.66. The van der Waals surface area contributed by atoms with Gasteiger partial charge in [0, 0.05) is 43.1 Å². The van der Waals surface area contributed by atoms with Crippen molar-refractivity contribution in [3.05, 3.63) is 83.4 Å². The molecule has 8 nitrogen and oxygen atoms in total. The second kappa shape index (κ2) is 10.6. The average Bonchev–Trinajstić information content (AvgIpc) is 3.30. The number of hydrogen-bond donors (Lipinski definition) is 0. The van der Waals surface area contributed by atoms with Crippen LogP contribution in [0.25, 0.3) is 0 Å². The SMILES string of the molecule is Cl.N#Cc1ccc(Cn2cncc2CC(=O)N2CCC(N3C(=O)OCc4ccccc43)CC2)cc1. The lowest BCUT2D eigenvalue weighted by Gasteiger charge is -2.40. The monoisotopic (exact) mass is 491 g/mol. The van der Waals surface area contributed by atoms with Crippen LogP contribution in [0.15, 0.2) is 61.1 Å². The van der Waals surface area contributed by atoms with Gasteiger partial charge in [-0.05, 0) is 36.6 Å². The lowest BCUT2D eigenvalue weighted by atomic mass is 10.0. The van der Waals surface area contributed by atoms with Gasteiger partial charge in [0.2, 0.25) is 5.91 Å². The Hall–Kier alpha value is -3.83. The first-order valence-corrected chi connectivity index (χ1v) is 11.4. The van der Waals surface area contributed by atoms with E-state index in [1.54, 1.807) is 29.6 Å². The van der Waals surface area contributed by atoms with Gasteiger partial charge in [0.15, 0.2) is 0 Å². The van der Waals surface area contributed by atoms with Crippen molar-refractivity contribution in [2.75, 3.05) is 18.0 Å². The summed E-state index contributed by atoms with van der Waals surface area (Å²) in [7, 11) is 0. The molecule has 180 valence electrons. The average molecular weight is 492 g/mol. The summed E-state index contributed by atoms with van der Waals surface area (Å²) in [5.41, 5.74) is 4.44. The number of carbonyl (C=O) groups is 2. The van der Waals surface area contributed by atoms with Crippen LogP contribution in [-0.4, -0.2) is 45.6 Å². The Kier molecular flexibility index (Phi) is 7.37. The molecule has 2 aliphatic rings. The maximum atomic E-state index is 13.0. The number of nitriles is 1. The minimum atomic E-state index is -0.310. The number of imidazole rings is 1. The molecule has 0 N–H and O–H groups in total. The molecule has 0 radical (unpaired) electrons. The van der Waals surface area contributed by atoms with Crippen LogP contribution in [0.4, 0.5) is 10.5 Å². The predicted molar refractivity (Wildman–Crippen MR) is 132 cm³/mol. The van der Waals surface area contributed by atoms with Crippen molar-refractivity contribution < 1.29 is 14.3 Å². The maximum Gasteiger partial charge on any atom is 0.414 e. The lowest BCUT2D eigenvalue weighted by molar-refractivity contribution is -0.131. The highest BCUT2D eigenvalue weighted by atomic mass is 35.5. The maximum absolute atomic E-state index is 13.0. The smallest absolute Gasteiger partial charge is 0.414 e. The van der Waals surface area contributed by atoms with E-state index in [9.17, 15) is 9.59 Å². The second-order valence-corrected chi connectivity index (χ2v) is 8.66. The van der Waals surface area contributed by atoms with Crippen molar-refractivity contribution in [1.29, 1.82) is 5.26 Å². The molecule has 0 bridgehead atoms. The van der Waals surface area contributed by atoms with Gasteiger partial charge in [0.1, 0.15) is 6.61 Å². The molecule has 1 saturated heterocycles. The number of carbonyl (C=O) groups excluding carboxylic acids is 2. The Labute approximate surface area is 210 Å². The fourth-order valence-electron chi connectivity index (χ4n) is 4.68. The van der Waals surface area contributed by atoms with Gasteiger partial charge in [-0.2, -0.15) is 5.26 Å². The fourth-order valence-corrected chi connectivity index (χ4v) is 4.68. The van der Waals surface area contributed by atoms with Crippen LogP contribution >= 0.6 is 12.4 Å². The molecule has 0 atom stereocenters. The number of cyclic esters (lactones) is 1. The van der Waals surface area contributed by atoms with Crippen molar-refractivity contribution in [3.63, 3.8) is 0 Å². The van der Waals surface area contributed by atoms with Crippen molar-refractivity contribution in [2.24, 2.45) is 0 Å². The van der Waals surface area contributed by atoms with Gasteiger partial charge in [-0.25, -0.2) is 9.78 Å². The molecular formula is C26H26ClN5O3. The van der Waals surface area contributed by atoms with E-state index in [0.717, 1.165) is 22.5 Å². The Morgan fingerprint density at radius 2 is 1.86 bits per heavy atom. The zero-order chi connectivity index (χ0) is 23.5. The fraction of sp³-hybridized carbons (Fsp3) is 0.308. The van der Waals surface area contributed by atoms with Crippen LogP contribution < -0.4 is 4.90 Å². The number of anilines is 1. The summed E-state index contributed by atoms with van der Waals surface area (Å²) in [6.45, 7) is 2.09. The number of benzene rings is 2. The van der Waals surface area contributed by atoms with E-state index in [4.69, 9.17) is 10.00 Å². The number of fused-ring (bicyclic) bond motifs is 1. The molecule has 1 aromatic heterocycles. The van der Waals surface area contributed by atoms with Gasteiger partial charge >= 0.3 is 6.09 Å². The van der Waals surface area contributed by atoms with E-state index in [-0.39, 0.29) is 36.9 Å². The van der Waals surface area contributed by atoms with Crippen LogP contribution in [0, 0.1) is 11.3 Å². The normalized spacial score (nSPS) is 15.6. The number of nitrogens with zero attached hydrogens (tertiary/aromatic N) is 5. The number of rotatable bonds is 5. The standard InChI is InChI=1S/C26H25N5O3.ClH/c27-14-19-5-7-20(8-6-19)16-30-18-28-15-23(30)13-25(32)29-11-9-22(10-12-29)31-24-4-2-1-3-21(24)17-34-26(31)33;/h1-8,15,18,22H,9-13,16-17H2;1H. The molecule has 2 aromatic carbocycles. The van der Waals surface area contributed by atoms with E-state index >= 15 is 0 Å². The molecule has 2 aliphatic heterocycles. The minimum Gasteiger partial charge on any atom is -0.444 e. The predicted octanol–water partition coefficient (Wildman–Crippen LogP) is 3.92. The summed E-state index contributed by atoms with van der Waals surface area (Å²) in [6, 6.07) is 17.4. The summed E-state index contributed by atoms with van der Waals surface area (Å²) in [6.07, 6.45) is 4.84. The van der Waals surface area contributed by atoms with E-state index in [1.165, 1.54) is 0 Å². The van der Waals surface area contributed by atoms with E-state index in [1.807, 2.05) is 45.9 Å². The third kappa shape index (κ3) is 5.15. The molecular weight excluding hydrogens is 466 g/mol. The number of aromatic nitrogens is 2. The van der Waals surface area contributed by atoms with Crippen molar-refractivity contribution >= 4 is 30.1 Å². The number of halogens is 1. The molecule has 5 rings (SSSR count). The number of piperidine rings is 1. The highest BCUT2D eigenvalue weighted by Crippen LogP contribution is 2.31. The minimum absolute atomic E-state index is 0. The molecule has 0 unspecified atom stereocenters. The highest BCUT2D eigenvalue weighted by Gasteiger charge is 2.35. The van der Waals surface area contributed by atoms with Crippen molar-refractivity contribution in [3.8, 4) is 6.07 Å². The molecule has 0 saturated carbocycles. The Morgan fingerprint density at radius 1 is 1.11 bits per heavy atom. The lowest BCUT2D eigenvalue weighted by Crippen LogP contribution is -2.50. The van der Waals surface area contributed by atoms with Gasteiger partial charge in [-0.15, -0.1) is 12.4 Å². The first-order chi connectivity index (χ1) is 16.6. The summed E-state index contributed by atoms with van der Waals surface area (Å²) in [5.74, 6) is 0.0571. The largest absolute Gasteiger partial charge is 0.444 e. The van der Waals surface area contributed by atoms with Crippen molar-refractivity contribution in [2.45, 2.75) is 38.5 Å². The number of likely N-dealkylation sites (tertiary alicyclic amines) is 1. The zero-order valence-corrected chi connectivity index (χ0v) is 20.0. The molecule has 0 aliphatic carbocycles. The summed E-state index contributed by atoms with van der Waals surface area (Å²) in [4.78, 5) is 33.4. The molecule has 3 aromatic rings. The number of amides is 2. The van der Waals surface area contributed by atoms with E-state index in [0.29, 0.717) is 44.6 Å².